The first kappa shape index (κ1) is 15.0. The lowest BCUT2D eigenvalue weighted by Crippen LogP contribution is -2.22. The normalized spacial score (nSPS) is 10.5. The van der Waals surface area contributed by atoms with Gasteiger partial charge in [0.15, 0.2) is 5.78 Å². The fourth-order valence-electron chi connectivity index (χ4n) is 1.45. The van der Waals surface area contributed by atoms with Crippen LogP contribution in [0.4, 0.5) is 5.69 Å². The van der Waals surface area contributed by atoms with Crippen LogP contribution in [0.2, 0.25) is 0 Å². The van der Waals surface area contributed by atoms with Crippen molar-refractivity contribution in [3.05, 3.63) is 42.1 Å². The van der Waals surface area contributed by atoms with Gasteiger partial charge in [-0.2, -0.15) is 0 Å². The molecule has 0 radical (unpaired) electrons. The highest BCUT2D eigenvalue weighted by Gasteiger charge is 2.08. The molecule has 0 spiro atoms. The summed E-state index contributed by atoms with van der Waals surface area (Å²) in [7, 11) is 3.59. The zero-order valence-electron chi connectivity index (χ0n) is 11.9. The second-order valence-electron chi connectivity index (χ2n) is 4.38. The molecule has 1 amide bonds. The molecule has 0 aliphatic heterocycles. The summed E-state index contributed by atoms with van der Waals surface area (Å²) in [5.41, 5.74) is 1.29. The van der Waals surface area contributed by atoms with Crippen LogP contribution in [-0.4, -0.2) is 37.2 Å². The van der Waals surface area contributed by atoms with Crippen LogP contribution in [0.5, 0.6) is 0 Å². The Morgan fingerprint density at radius 2 is 1.95 bits per heavy atom. The third-order valence-corrected chi connectivity index (χ3v) is 2.97. The molecular weight excluding hydrogens is 240 g/mol. The van der Waals surface area contributed by atoms with Crippen molar-refractivity contribution in [2.45, 2.75) is 13.8 Å². The smallest absolute Gasteiger partial charge is 0.223 e. The van der Waals surface area contributed by atoms with Gasteiger partial charge in [-0.15, -0.1) is 0 Å². The molecule has 0 aliphatic rings. The fourth-order valence-corrected chi connectivity index (χ4v) is 1.45. The number of ketones is 1. The lowest BCUT2D eigenvalue weighted by Gasteiger charge is -2.15. The third-order valence-electron chi connectivity index (χ3n) is 2.97. The van der Waals surface area contributed by atoms with Crippen molar-refractivity contribution >= 4 is 17.4 Å². The first-order valence-corrected chi connectivity index (χ1v) is 6.22. The predicted octanol–water partition coefficient (Wildman–Crippen LogP) is 2.32. The standard InChI is InChI=1S/C15H20N2O2/c1-5-16(3)10-9-15(19)13-7-6-8-14(11-13)17(4)12(2)18/h6-11H,5H2,1-4H3/b10-9+. The number of hydrogen-bond donors (Lipinski definition) is 0. The predicted molar refractivity (Wildman–Crippen MR) is 77.3 cm³/mol. The van der Waals surface area contributed by atoms with Gasteiger partial charge in [0, 0.05) is 51.1 Å². The van der Waals surface area contributed by atoms with Crippen molar-refractivity contribution in [3.63, 3.8) is 0 Å². The summed E-state index contributed by atoms with van der Waals surface area (Å²) in [4.78, 5) is 26.7. The Labute approximate surface area is 114 Å². The zero-order chi connectivity index (χ0) is 14.4. The molecule has 1 aromatic carbocycles. The van der Waals surface area contributed by atoms with Crippen LogP contribution in [0.3, 0.4) is 0 Å². The number of carbonyl (C=O) groups is 2. The van der Waals surface area contributed by atoms with E-state index in [0.717, 1.165) is 12.2 Å². The van der Waals surface area contributed by atoms with Gasteiger partial charge in [-0.1, -0.05) is 12.1 Å². The van der Waals surface area contributed by atoms with Crippen molar-refractivity contribution in [1.29, 1.82) is 0 Å². The quantitative estimate of drug-likeness (QED) is 0.602. The molecule has 0 heterocycles. The lowest BCUT2D eigenvalue weighted by atomic mass is 10.1. The maximum absolute atomic E-state index is 12.0. The summed E-state index contributed by atoms with van der Waals surface area (Å²) in [6, 6.07) is 7.05. The SMILES string of the molecule is CCN(C)/C=C/C(=O)c1cccc(N(C)C(C)=O)c1. The number of rotatable bonds is 5. The number of allylic oxidation sites excluding steroid dienone is 1. The molecule has 0 unspecified atom stereocenters. The summed E-state index contributed by atoms with van der Waals surface area (Å²) in [5.74, 6) is -0.134. The van der Waals surface area contributed by atoms with Crippen LogP contribution in [0.15, 0.2) is 36.5 Å². The van der Waals surface area contributed by atoms with E-state index in [1.54, 1.807) is 37.5 Å². The first-order valence-electron chi connectivity index (χ1n) is 6.22. The zero-order valence-corrected chi connectivity index (χ0v) is 11.9. The Kier molecular flexibility index (Phi) is 5.30. The van der Waals surface area contributed by atoms with Gasteiger partial charge in [0.25, 0.3) is 0 Å². The van der Waals surface area contributed by atoms with E-state index < -0.39 is 0 Å². The Bertz CT molecular complexity index is 495. The maximum Gasteiger partial charge on any atom is 0.223 e. The van der Waals surface area contributed by atoms with E-state index in [1.807, 2.05) is 18.9 Å². The van der Waals surface area contributed by atoms with Gasteiger partial charge in [0.1, 0.15) is 0 Å². The number of benzene rings is 1. The van der Waals surface area contributed by atoms with Crippen molar-refractivity contribution < 1.29 is 9.59 Å². The van der Waals surface area contributed by atoms with Gasteiger partial charge >= 0.3 is 0 Å². The Balaban J connectivity index is 2.90. The largest absolute Gasteiger partial charge is 0.381 e. The molecular formula is C15H20N2O2. The van der Waals surface area contributed by atoms with Crippen molar-refractivity contribution in [2.24, 2.45) is 0 Å². The van der Waals surface area contributed by atoms with Crippen molar-refractivity contribution in [2.75, 3.05) is 25.5 Å². The molecule has 0 fully saturated rings. The van der Waals surface area contributed by atoms with E-state index in [9.17, 15) is 9.59 Å². The molecule has 19 heavy (non-hydrogen) atoms. The van der Waals surface area contributed by atoms with Crippen molar-refractivity contribution in [3.8, 4) is 0 Å². The minimum absolute atomic E-state index is 0.0640. The number of nitrogens with zero attached hydrogens (tertiary/aromatic N) is 2. The van der Waals surface area contributed by atoms with Crippen molar-refractivity contribution in [1.82, 2.24) is 4.90 Å². The van der Waals surface area contributed by atoms with Crippen LogP contribution < -0.4 is 4.90 Å². The molecule has 0 aromatic heterocycles. The van der Waals surface area contributed by atoms with Crippen LogP contribution in [-0.2, 0) is 4.79 Å². The average molecular weight is 260 g/mol. The highest BCUT2D eigenvalue weighted by atomic mass is 16.2. The molecule has 0 saturated heterocycles. The number of hydrogen-bond acceptors (Lipinski definition) is 3. The molecule has 0 atom stereocenters. The van der Waals surface area contributed by atoms with Gasteiger partial charge in [-0.05, 0) is 19.1 Å². The number of anilines is 1. The molecule has 0 aliphatic carbocycles. The van der Waals surface area contributed by atoms with E-state index >= 15 is 0 Å². The number of carbonyl (C=O) groups excluding carboxylic acids is 2. The van der Waals surface area contributed by atoms with E-state index in [2.05, 4.69) is 0 Å². The summed E-state index contributed by atoms with van der Waals surface area (Å²) >= 11 is 0. The summed E-state index contributed by atoms with van der Waals surface area (Å²) in [6.07, 6.45) is 3.29. The van der Waals surface area contributed by atoms with E-state index in [4.69, 9.17) is 0 Å². The highest BCUT2D eigenvalue weighted by molar-refractivity contribution is 6.05. The van der Waals surface area contributed by atoms with Gasteiger partial charge in [-0.25, -0.2) is 0 Å². The van der Waals surface area contributed by atoms with Gasteiger partial charge in [0.05, 0.1) is 0 Å². The summed E-state index contributed by atoms with van der Waals surface area (Å²) in [5, 5.41) is 0. The van der Waals surface area contributed by atoms with E-state index in [1.165, 1.54) is 17.9 Å². The maximum atomic E-state index is 12.0. The third kappa shape index (κ3) is 4.25. The molecule has 0 bridgehead atoms. The lowest BCUT2D eigenvalue weighted by molar-refractivity contribution is -0.116. The average Bonchev–Trinajstić information content (AvgIpc) is 2.43. The second kappa shape index (κ2) is 6.73. The summed E-state index contributed by atoms with van der Waals surface area (Å²) < 4.78 is 0. The molecule has 0 saturated carbocycles. The monoisotopic (exact) mass is 260 g/mol. The van der Waals surface area contributed by atoms with E-state index in [0.29, 0.717) is 5.56 Å². The Morgan fingerprint density at radius 1 is 1.26 bits per heavy atom. The minimum Gasteiger partial charge on any atom is -0.381 e. The molecule has 102 valence electrons. The summed E-state index contributed by atoms with van der Waals surface area (Å²) in [6.45, 7) is 4.35. The molecule has 4 heteroatoms. The van der Waals surface area contributed by atoms with Crippen LogP contribution >= 0.6 is 0 Å². The van der Waals surface area contributed by atoms with Crippen LogP contribution in [0.25, 0.3) is 0 Å². The highest BCUT2D eigenvalue weighted by Crippen LogP contribution is 2.15. The topological polar surface area (TPSA) is 40.6 Å². The first-order chi connectivity index (χ1) is 8.95. The van der Waals surface area contributed by atoms with E-state index in [-0.39, 0.29) is 11.7 Å². The van der Waals surface area contributed by atoms with Crippen LogP contribution in [0.1, 0.15) is 24.2 Å². The van der Waals surface area contributed by atoms with Gasteiger partial charge in [0.2, 0.25) is 5.91 Å². The Hall–Kier alpha value is -2.10. The molecule has 0 N–H and O–H groups in total. The van der Waals surface area contributed by atoms with Gasteiger partial charge in [-0.3, -0.25) is 9.59 Å². The molecule has 1 rings (SSSR count). The Morgan fingerprint density at radius 3 is 2.53 bits per heavy atom. The fraction of sp³-hybridized carbons (Fsp3) is 0.333. The van der Waals surface area contributed by atoms with Crippen LogP contribution in [0, 0.1) is 0 Å². The second-order valence-corrected chi connectivity index (χ2v) is 4.38. The molecule has 1 aromatic rings. The molecule has 4 nitrogen and oxygen atoms in total. The number of amides is 1. The van der Waals surface area contributed by atoms with Gasteiger partial charge < -0.3 is 9.80 Å². The minimum atomic E-state index is -0.0703.